The van der Waals surface area contributed by atoms with Crippen molar-refractivity contribution >= 4 is 38.4 Å². The number of benzene rings is 2. The summed E-state index contributed by atoms with van der Waals surface area (Å²) in [6.07, 6.45) is 3.28. The van der Waals surface area contributed by atoms with Crippen LogP contribution in [0.2, 0.25) is 5.02 Å². The van der Waals surface area contributed by atoms with Crippen molar-refractivity contribution in [3.63, 3.8) is 0 Å². The summed E-state index contributed by atoms with van der Waals surface area (Å²) in [6.45, 7) is 3.81. The Morgan fingerprint density at radius 2 is 2.00 bits per heavy atom. The number of aryl methyl sites for hydroxylation is 1. The number of hydrogen-bond acceptors (Lipinski definition) is 3. The zero-order valence-electron chi connectivity index (χ0n) is 17.4. The normalized spacial score (nSPS) is 17.7. The summed E-state index contributed by atoms with van der Waals surface area (Å²) in [4.78, 5) is 13.0. The van der Waals surface area contributed by atoms with Crippen LogP contribution in [0.5, 0.6) is 0 Å². The summed E-state index contributed by atoms with van der Waals surface area (Å²) in [5, 5.41) is 4.40. The summed E-state index contributed by atoms with van der Waals surface area (Å²) < 4.78 is 30.1. The van der Waals surface area contributed by atoms with E-state index < -0.39 is 10.0 Å². The van der Waals surface area contributed by atoms with E-state index in [2.05, 4.69) is 16.8 Å². The quantitative estimate of drug-likeness (QED) is 0.604. The van der Waals surface area contributed by atoms with Gasteiger partial charge in [-0.2, -0.15) is 4.31 Å². The molecule has 0 radical (unpaired) electrons. The number of halogens is 1. The lowest BCUT2D eigenvalue weighted by molar-refractivity contribution is -0.126. The first kappa shape index (κ1) is 21.9. The molecule has 31 heavy (non-hydrogen) atoms. The second-order valence-corrected chi connectivity index (χ2v) is 10.2. The van der Waals surface area contributed by atoms with Gasteiger partial charge in [0.2, 0.25) is 15.9 Å². The standard InChI is InChI=1S/C23H26ClN3O3S/c1-2-26-13-11-17-14-20(9-10-22(17)26)31(29,30)27-12-5-7-19(16-27)23(28)25-15-18-6-3-4-8-21(18)24/h3-4,6,8-11,13-14,19H,2,5,7,12,15-16H2,1H3,(H,25,28)/t19-/m0/s1. The van der Waals surface area contributed by atoms with Crippen molar-refractivity contribution in [2.75, 3.05) is 13.1 Å². The molecule has 4 rings (SSSR count). The zero-order chi connectivity index (χ0) is 22.0. The van der Waals surface area contributed by atoms with E-state index in [0.717, 1.165) is 23.0 Å². The van der Waals surface area contributed by atoms with Crippen LogP contribution < -0.4 is 5.32 Å². The van der Waals surface area contributed by atoms with Crippen LogP contribution in [-0.4, -0.2) is 36.3 Å². The minimum Gasteiger partial charge on any atom is -0.352 e. The molecule has 1 aliphatic heterocycles. The highest BCUT2D eigenvalue weighted by Crippen LogP contribution is 2.27. The lowest BCUT2D eigenvalue weighted by atomic mass is 9.99. The molecule has 2 aromatic carbocycles. The number of sulfonamides is 1. The highest BCUT2D eigenvalue weighted by Gasteiger charge is 2.33. The monoisotopic (exact) mass is 459 g/mol. The molecule has 3 aromatic rings. The second-order valence-electron chi connectivity index (χ2n) is 7.83. The van der Waals surface area contributed by atoms with Crippen LogP contribution in [0.25, 0.3) is 10.9 Å². The van der Waals surface area contributed by atoms with Crippen molar-refractivity contribution < 1.29 is 13.2 Å². The van der Waals surface area contributed by atoms with Gasteiger partial charge in [0.05, 0.1) is 10.8 Å². The minimum absolute atomic E-state index is 0.143. The molecule has 1 aromatic heterocycles. The van der Waals surface area contributed by atoms with Crippen molar-refractivity contribution in [2.24, 2.45) is 5.92 Å². The van der Waals surface area contributed by atoms with E-state index in [1.807, 2.05) is 36.5 Å². The highest BCUT2D eigenvalue weighted by atomic mass is 35.5. The fourth-order valence-electron chi connectivity index (χ4n) is 4.11. The van der Waals surface area contributed by atoms with Crippen molar-refractivity contribution in [2.45, 2.75) is 37.8 Å². The predicted molar refractivity (Wildman–Crippen MR) is 122 cm³/mol. The third-order valence-corrected chi connectivity index (χ3v) is 8.12. The molecule has 0 spiro atoms. The molecular formula is C23H26ClN3O3S. The Labute approximate surface area is 187 Å². The Hall–Kier alpha value is -2.35. The first-order valence-corrected chi connectivity index (χ1v) is 12.3. The van der Waals surface area contributed by atoms with Crippen molar-refractivity contribution in [3.05, 3.63) is 65.3 Å². The third kappa shape index (κ3) is 4.49. The lowest BCUT2D eigenvalue weighted by Crippen LogP contribution is -2.45. The number of hydrogen-bond donors (Lipinski definition) is 1. The van der Waals surface area contributed by atoms with Crippen molar-refractivity contribution in [3.8, 4) is 0 Å². The number of rotatable bonds is 6. The van der Waals surface area contributed by atoms with Gasteiger partial charge in [0.25, 0.3) is 0 Å². The molecule has 0 aliphatic carbocycles. The van der Waals surface area contributed by atoms with Gasteiger partial charge in [-0.1, -0.05) is 29.8 Å². The minimum atomic E-state index is -3.67. The van der Waals surface area contributed by atoms with E-state index >= 15 is 0 Å². The van der Waals surface area contributed by atoms with Gasteiger partial charge in [-0.25, -0.2) is 8.42 Å². The van der Waals surface area contributed by atoms with Gasteiger partial charge in [-0.05, 0) is 55.7 Å². The average Bonchev–Trinajstić information content (AvgIpc) is 3.21. The number of aromatic nitrogens is 1. The van der Waals surface area contributed by atoms with Gasteiger partial charge in [-0.15, -0.1) is 0 Å². The van der Waals surface area contributed by atoms with Crippen LogP contribution in [0.1, 0.15) is 25.3 Å². The molecular weight excluding hydrogens is 434 g/mol. The topological polar surface area (TPSA) is 71.4 Å². The number of fused-ring (bicyclic) bond motifs is 1. The van der Waals surface area contributed by atoms with E-state index in [-0.39, 0.29) is 23.3 Å². The number of carbonyl (C=O) groups excluding carboxylic acids is 1. The van der Waals surface area contributed by atoms with Crippen LogP contribution in [0.15, 0.2) is 59.6 Å². The predicted octanol–water partition coefficient (Wildman–Crippen LogP) is 4.03. The van der Waals surface area contributed by atoms with Gasteiger partial charge in [-0.3, -0.25) is 4.79 Å². The lowest BCUT2D eigenvalue weighted by Gasteiger charge is -2.31. The summed E-state index contributed by atoms with van der Waals surface area (Å²) in [5.74, 6) is -0.522. The Balaban J connectivity index is 1.47. The summed E-state index contributed by atoms with van der Waals surface area (Å²) >= 11 is 6.16. The fourth-order valence-corrected chi connectivity index (χ4v) is 5.87. The van der Waals surface area contributed by atoms with Crippen LogP contribution in [0, 0.1) is 5.92 Å². The first-order chi connectivity index (χ1) is 14.9. The number of amides is 1. The first-order valence-electron chi connectivity index (χ1n) is 10.5. The molecule has 1 saturated heterocycles. The molecule has 1 aliphatic rings. The Morgan fingerprint density at radius 3 is 2.77 bits per heavy atom. The molecule has 6 nitrogen and oxygen atoms in total. The maximum Gasteiger partial charge on any atom is 0.243 e. The Kier molecular flexibility index (Phi) is 6.36. The van der Waals surface area contributed by atoms with Gasteiger partial charge in [0.15, 0.2) is 0 Å². The SMILES string of the molecule is CCn1ccc2cc(S(=O)(=O)N3CCC[C@H](C(=O)NCc4ccccc4Cl)C3)ccc21. The van der Waals surface area contributed by atoms with Crippen LogP contribution in [-0.2, 0) is 27.9 Å². The number of piperidine rings is 1. The fraction of sp³-hybridized carbons (Fsp3) is 0.348. The van der Waals surface area contributed by atoms with E-state index in [4.69, 9.17) is 11.6 Å². The largest absolute Gasteiger partial charge is 0.352 e. The Morgan fingerprint density at radius 1 is 1.19 bits per heavy atom. The third-order valence-electron chi connectivity index (χ3n) is 5.89. The summed E-state index contributed by atoms with van der Waals surface area (Å²) in [5.41, 5.74) is 1.85. The number of carbonyl (C=O) groups is 1. The van der Waals surface area contributed by atoms with E-state index in [9.17, 15) is 13.2 Å². The molecule has 1 fully saturated rings. The average molecular weight is 460 g/mol. The molecule has 8 heteroatoms. The van der Waals surface area contributed by atoms with Gasteiger partial charge < -0.3 is 9.88 Å². The molecule has 1 N–H and O–H groups in total. The molecule has 1 atom stereocenters. The van der Waals surface area contributed by atoms with Crippen LogP contribution in [0.4, 0.5) is 0 Å². The van der Waals surface area contributed by atoms with Crippen molar-refractivity contribution in [1.29, 1.82) is 0 Å². The molecule has 1 amide bonds. The molecule has 0 unspecified atom stereocenters. The van der Waals surface area contributed by atoms with Crippen LogP contribution in [0.3, 0.4) is 0 Å². The maximum absolute atomic E-state index is 13.3. The highest BCUT2D eigenvalue weighted by molar-refractivity contribution is 7.89. The van der Waals surface area contributed by atoms with Crippen molar-refractivity contribution in [1.82, 2.24) is 14.2 Å². The summed E-state index contributed by atoms with van der Waals surface area (Å²) in [6, 6.07) is 14.5. The Bertz CT molecular complexity index is 1210. The second kappa shape index (κ2) is 9.02. The number of nitrogens with zero attached hydrogens (tertiary/aromatic N) is 2. The molecule has 2 heterocycles. The maximum atomic E-state index is 13.3. The van der Waals surface area contributed by atoms with E-state index in [0.29, 0.717) is 31.0 Å². The molecule has 0 bridgehead atoms. The zero-order valence-corrected chi connectivity index (χ0v) is 19.0. The van der Waals surface area contributed by atoms with Gasteiger partial charge in [0, 0.05) is 48.3 Å². The van der Waals surface area contributed by atoms with E-state index in [1.165, 1.54) is 4.31 Å². The van der Waals surface area contributed by atoms with Crippen LogP contribution >= 0.6 is 11.6 Å². The smallest absolute Gasteiger partial charge is 0.243 e. The van der Waals surface area contributed by atoms with Gasteiger partial charge >= 0.3 is 0 Å². The van der Waals surface area contributed by atoms with E-state index in [1.54, 1.807) is 18.2 Å². The molecule has 0 saturated carbocycles. The molecule has 164 valence electrons. The number of nitrogens with one attached hydrogen (secondary N) is 1. The van der Waals surface area contributed by atoms with Gasteiger partial charge in [0.1, 0.15) is 0 Å². The summed E-state index contributed by atoms with van der Waals surface area (Å²) in [7, 11) is -3.67.